The van der Waals surface area contributed by atoms with Crippen LogP contribution in [0.2, 0.25) is 0 Å². The number of anilines is 2. The molecule has 1 amide bonds. The Labute approximate surface area is 184 Å². The van der Waals surface area contributed by atoms with Crippen molar-refractivity contribution in [2.75, 3.05) is 36.4 Å². The molecule has 2 aliphatic heterocycles. The van der Waals surface area contributed by atoms with Crippen molar-refractivity contribution in [3.8, 4) is 11.8 Å². The van der Waals surface area contributed by atoms with E-state index in [9.17, 15) is 4.79 Å². The van der Waals surface area contributed by atoms with E-state index in [2.05, 4.69) is 25.6 Å². The summed E-state index contributed by atoms with van der Waals surface area (Å²) in [5, 5.41) is 5.96. The molecule has 0 atom stereocenters. The van der Waals surface area contributed by atoms with Crippen LogP contribution in [-0.2, 0) is 11.2 Å². The number of nitrogens with one attached hydrogen (secondary N) is 2. The fourth-order valence-corrected chi connectivity index (χ4v) is 3.96. The molecule has 2 aromatic rings. The maximum absolute atomic E-state index is 15.1. The molecule has 3 aliphatic rings. The maximum atomic E-state index is 15.1. The number of amides is 1. The minimum Gasteiger partial charge on any atom is -0.421 e. The van der Waals surface area contributed by atoms with Crippen molar-refractivity contribution in [1.82, 2.24) is 15.3 Å². The number of benzene rings is 1. The van der Waals surface area contributed by atoms with Gasteiger partial charge in [0.2, 0.25) is 5.91 Å². The van der Waals surface area contributed by atoms with Crippen molar-refractivity contribution in [1.29, 1.82) is 0 Å². The standard InChI is InChI=1S/C23H23FN6O2/c1-13-7-15-3-4-17(22(24)16(15)8-13)32-23-28-19(27-18-9-14(2)11-26-18)10-20(29-23)30-6-5-25-21(31)12-30/h3-4,8-10H,5-7,11-12H2,1-2H3,(H,25,31)(H,26,27,28,29). The first-order valence-corrected chi connectivity index (χ1v) is 10.5. The molecule has 0 spiro atoms. The number of fused-ring (bicyclic) bond motifs is 1. The van der Waals surface area contributed by atoms with Crippen LogP contribution in [0.1, 0.15) is 25.0 Å². The van der Waals surface area contributed by atoms with Gasteiger partial charge in [-0.05, 0) is 43.5 Å². The summed E-state index contributed by atoms with van der Waals surface area (Å²) in [6, 6.07) is 5.19. The molecule has 8 nitrogen and oxygen atoms in total. The van der Waals surface area contributed by atoms with E-state index in [1.54, 1.807) is 12.1 Å². The van der Waals surface area contributed by atoms with E-state index >= 15 is 4.39 Å². The fourth-order valence-electron chi connectivity index (χ4n) is 3.96. The molecule has 0 bridgehead atoms. The van der Waals surface area contributed by atoms with Crippen molar-refractivity contribution in [2.45, 2.75) is 20.3 Å². The molecule has 164 valence electrons. The van der Waals surface area contributed by atoms with Gasteiger partial charge in [-0.3, -0.25) is 9.79 Å². The number of hydrogen-bond acceptors (Lipinski definition) is 7. The number of allylic oxidation sites excluding steroid dienone is 1. The van der Waals surface area contributed by atoms with E-state index in [-0.39, 0.29) is 24.2 Å². The van der Waals surface area contributed by atoms with E-state index in [1.807, 2.05) is 37.0 Å². The van der Waals surface area contributed by atoms with Gasteiger partial charge in [0, 0.05) is 24.7 Å². The third kappa shape index (κ3) is 4.05. The Hall–Kier alpha value is -3.75. The van der Waals surface area contributed by atoms with Crippen molar-refractivity contribution in [3.05, 3.63) is 52.4 Å². The van der Waals surface area contributed by atoms with Gasteiger partial charge in [-0.1, -0.05) is 17.7 Å². The molecule has 1 aromatic carbocycles. The van der Waals surface area contributed by atoms with Crippen molar-refractivity contribution < 1.29 is 13.9 Å². The second kappa shape index (κ2) is 8.07. The van der Waals surface area contributed by atoms with Crippen LogP contribution in [0.25, 0.3) is 6.08 Å². The predicted molar refractivity (Wildman–Crippen MR) is 121 cm³/mol. The number of hydrogen-bond donors (Lipinski definition) is 2. The van der Waals surface area contributed by atoms with Crippen molar-refractivity contribution in [2.24, 2.45) is 4.99 Å². The molecular formula is C23H23FN6O2. The van der Waals surface area contributed by atoms with Gasteiger partial charge in [0.25, 0.3) is 0 Å². The van der Waals surface area contributed by atoms with Gasteiger partial charge < -0.3 is 20.3 Å². The zero-order valence-corrected chi connectivity index (χ0v) is 17.9. The first kappa shape index (κ1) is 20.2. The molecule has 1 aliphatic carbocycles. The molecule has 1 aromatic heterocycles. The number of piperazine rings is 1. The van der Waals surface area contributed by atoms with Gasteiger partial charge in [-0.25, -0.2) is 4.39 Å². The molecule has 5 rings (SSSR count). The molecular weight excluding hydrogens is 411 g/mol. The van der Waals surface area contributed by atoms with Crippen LogP contribution in [0.3, 0.4) is 0 Å². The van der Waals surface area contributed by atoms with Crippen molar-refractivity contribution in [3.63, 3.8) is 0 Å². The molecule has 1 saturated heterocycles. The summed E-state index contributed by atoms with van der Waals surface area (Å²) >= 11 is 0. The van der Waals surface area contributed by atoms with Crippen LogP contribution in [0.4, 0.5) is 16.0 Å². The van der Waals surface area contributed by atoms with Crippen LogP contribution in [-0.4, -0.2) is 47.9 Å². The molecule has 0 saturated carbocycles. The fraction of sp³-hybridized carbons (Fsp3) is 0.304. The lowest BCUT2D eigenvalue weighted by molar-refractivity contribution is -0.120. The summed E-state index contributed by atoms with van der Waals surface area (Å²) in [6.45, 7) is 5.88. The summed E-state index contributed by atoms with van der Waals surface area (Å²) in [7, 11) is 0. The lowest BCUT2D eigenvalue weighted by Crippen LogP contribution is -2.48. The number of halogens is 1. The minimum absolute atomic E-state index is 0.00664. The van der Waals surface area contributed by atoms with Crippen LogP contribution in [0.5, 0.6) is 11.8 Å². The molecule has 32 heavy (non-hydrogen) atoms. The van der Waals surface area contributed by atoms with Gasteiger partial charge in [-0.2, -0.15) is 9.97 Å². The Bertz CT molecular complexity index is 1200. The lowest BCUT2D eigenvalue weighted by Gasteiger charge is -2.28. The Morgan fingerprint density at radius 3 is 2.84 bits per heavy atom. The Kier molecular flexibility index (Phi) is 5.08. The van der Waals surface area contributed by atoms with Gasteiger partial charge >= 0.3 is 6.01 Å². The number of nitrogens with zero attached hydrogens (tertiary/aromatic N) is 4. The number of rotatable bonds is 4. The number of ether oxygens (including phenoxy) is 1. The summed E-state index contributed by atoms with van der Waals surface area (Å²) in [5.74, 6) is 1.19. The number of aliphatic imine (C=N–C) groups is 1. The third-order valence-corrected chi connectivity index (χ3v) is 5.49. The Morgan fingerprint density at radius 2 is 2.06 bits per heavy atom. The van der Waals surface area contributed by atoms with E-state index in [1.165, 1.54) is 0 Å². The van der Waals surface area contributed by atoms with Gasteiger partial charge in [0.1, 0.15) is 17.5 Å². The second-order valence-corrected chi connectivity index (χ2v) is 8.20. The second-order valence-electron chi connectivity index (χ2n) is 8.20. The SMILES string of the molecule is CC1=CC(Nc2cc(N3CCNC(=O)C3)nc(Oc3ccc4c(c3F)C=C(C)C4)n2)=NC1. The first-order chi connectivity index (χ1) is 15.4. The molecule has 9 heteroatoms. The quantitative estimate of drug-likeness (QED) is 0.769. The maximum Gasteiger partial charge on any atom is 0.326 e. The van der Waals surface area contributed by atoms with E-state index in [0.29, 0.717) is 42.7 Å². The van der Waals surface area contributed by atoms with E-state index < -0.39 is 5.82 Å². The summed E-state index contributed by atoms with van der Waals surface area (Å²) in [6.07, 6.45) is 4.51. The number of carbonyl (C=O) groups is 1. The highest BCUT2D eigenvalue weighted by Crippen LogP contribution is 2.34. The molecule has 2 N–H and O–H groups in total. The van der Waals surface area contributed by atoms with Gasteiger partial charge in [0.15, 0.2) is 11.6 Å². The summed E-state index contributed by atoms with van der Waals surface area (Å²) in [5.41, 5.74) is 3.72. The zero-order chi connectivity index (χ0) is 22.2. The highest BCUT2D eigenvalue weighted by Gasteiger charge is 2.22. The topological polar surface area (TPSA) is 91.7 Å². The van der Waals surface area contributed by atoms with E-state index in [0.717, 1.165) is 23.1 Å². The monoisotopic (exact) mass is 434 g/mol. The molecule has 0 unspecified atom stereocenters. The number of carbonyl (C=O) groups excluding carboxylic acids is 1. The average Bonchev–Trinajstić information content (AvgIpc) is 3.35. The number of amidine groups is 1. The van der Waals surface area contributed by atoms with Crippen LogP contribution < -0.4 is 20.3 Å². The highest BCUT2D eigenvalue weighted by atomic mass is 19.1. The smallest absolute Gasteiger partial charge is 0.326 e. The third-order valence-electron chi connectivity index (χ3n) is 5.49. The van der Waals surface area contributed by atoms with Gasteiger partial charge in [0.05, 0.1) is 13.1 Å². The highest BCUT2D eigenvalue weighted by molar-refractivity contribution is 6.05. The van der Waals surface area contributed by atoms with Crippen molar-refractivity contribution >= 4 is 29.5 Å². The first-order valence-electron chi connectivity index (χ1n) is 10.5. The van der Waals surface area contributed by atoms with Crippen LogP contribution >= 0.6 is 0 Å². The largest absolute Gasteiger partial charge is 0.421 e. The summed E-state index contributed by atoms with van der Waals surface area (Å²) < 4.78 is 20.9. The van der Waals surface area contributed by atoms with Crippen LogP contribution in [0.15, 0.2) is 40.4 Å². The predicted octanol–water partition coefficient (Wildman–Crippen LogP) is 3.07. The zero-order valence-electron chi connectivity index (χ0n) is 17.9. The molecule has 1 fully saturated rings. The normalized spacial score (nSPS) is 17.4. The minimum atomic E-state index is -0.432. The van der Waals surface area contributed by atoms with E-state index in [4.69, 9.17) is 4.74 Å². The summed E-state index contributed by atoms with van der Waals surface area (Å²) in [4.78, 5) is 27.0. The molecule has 0 radical (unpaired) electrons. The number of aromatic nitrogens is 2. The average molecular weight is 434 g/mol. The Balaban J connectivity index is 1.48. The Morgan fingerprint density at radius 1 is 1.19 bits per heavy atom. The van der Waals surface area contributed by atoms with Gasteiger partial charge in [-0.15, -0.1) is 0 Å². The molecule has 3 heterocycles. The van der Waals surface area contributed by atoms with Crippen LogP contribution in [0, 0.1) is 5.82 Å². The lowest BCUT2D eigenvalue weighted by atomic mass is 10.1.